The van der Waals surface area contributed by atoms with Gasteiger partial charge in [0.1, 0.15) is 23.4 Å². The van der Waals surface area contributed by atoms with Gasteiger partial charge < -0.3 is 4.74 Å². The van der Waals surface area contributed by atoms with Gasteiger partial charge in [-0.05, 0) is 48.7 Å². The lowest BCUT2D eigenvalue weighted by molar-refractivity contribution is 0.471. The van der Waals surface area contributed by atoms with Crippen molar-refractivity contribution in [3.8, 4) is 17.6 Å². The predicted molar refractivity (Wildman–Crippen MR) is 81.8 cm³/mol. The van der Waals surface area contributed by atoms with Crippen LogP contribution in [0.4, 0.5) is 4.39 Å². The molecule has 0 radical (unpaired) electrons. The van der Waals surface area contributed by atoms with Crippen molar-refractivity contribution in [2.45, 2.75) is 20.3 Å². The maximum absolute atomic E-state index is 13.6. The summed E-state index contributed by atoms with van der Waals surface area (Å²) in [7, 11) is 0. The van der Waals surface area contributed by atoms with E-state index in [1.165, 1.54) is 6.07 Å². The first-order chi connectivity index (χ1) is 10.1. The van der Waals surface area contributed by atoms with Gasteiger partial charge in [-0.2, -0.15) is 5.26 Å². The summed E-state index contributed by atoms with van der Waals surface area (Å²) < 4.78 is 19.4. The van der Waals surface area contributed by atoms with E-state index in [0.717, 1.165) is 11.1 Å². The molecule has 0 aliphatic heterocycles. The van der Waals surface area contributed by atoms with E-state index in [0.29, 0.717) is 29.0 Å². The Bertz CT molecular complexity index is 729. The van der Waals surface area contributed by atoms with Gasteiger partial charge >= 0.3 is 0 Å². The molecule has 0 spiro atoms. The maximum Gasteiger partial charge on any atom is 0.145 e. The lowest BCUT2D eigenvalue weighted by Crippen LogP contribution is -1.97. The minimum absolute atomic E-state index is 0.248. The quantitative estimate of drug-likeness (QED) is 0.789. The molecule has 0 atom stereocenters. The van der Waals surface area contributed by atoms with Crippen LogP contribution in [0.15, 0.2) is 36.9 Å². The van der Waals surface area contributed by atoms with Crippen LogP contribution in [0.25, 0.3) is 6.08 Å². The topological polar surface area (TPSA) is 33.0 Å². The number of nitrogens with zero attached hydrogens (tertiary/aromatic N) is 1. The highest BCUT2D eigenvalue weighted by atomic mass is 19.1. The summed E-state index contributed by atoms with van der Waals surface area (Å²) in [5, 5.41) is 9.22. The van der Waals surface area contributed by atoms with E-state index < -0.39 is 0 Å². The fraction of sp³-hybridized carbons (Fsp3) is 0.167. The van der Waals surface area contributed by atoms with Crippen molar-refractivity contribution in [3.63, 3.8) is 0 Å². The van der Waals surface area contributed by atoms with E-state index in [1.54, 1.807) is 31.2 Å². The van der Waals surface area contributed by atoms with Crippen molar-refractivity contribution < 1.29 is 9.13 Å². The molecule has 2 aromatic carbocycles. The number of ether oxygens (including phenoxy) is 1. The molecule has 0 unspecified atom stereocenters. The highest BCUT2D eigenvalue weighted by Crippen LogP contribution is 2.31. The molecule has 2 rings (SSSR count). The van der Waals surface area contributed by atoms with Gasteiger partial charge in [0.05, 0.1) is 5.56 Å². The van der Waals surface area contributed by atoms with Crippen molar-refractivity contribution in [1.82, 2.24) is 0 Å². The summed E-state index contributed by atoms with van der Waals surface area (Å²) >= 11 is 0. The molecular weight excluding hydrogens is 265 g/mol. The largest absolute Gasteiger partial charge is 0.456 e. The van der Waals surface area contributed by atoms with Gasteiger partial charge in [0.25, 0.3) is 0 Å². The van der Waals surface area contributed by atoms with E-state index in [9.17, 15) is 9.65 Å². The van der Waals surface area contributed by atoms with Crippen molar-refractivity contribution in [2.24, 2.45) is 0 Å². The Balaban J connectivity index is 2.46. The Morgan fingerprint density at radius 3 is 2.62 bits per heavy atom. The molecule has 0 fully saturated rings. The monoisotopic (exact) mass is 281 g/mol. The SMILES string of the molecule is C=Cc1ccc(Oc2ccc(F)c(C)c2CC)c(C#N)c1. The predicted octanol–water partition coefficient (Wildman–Crippen LogP) is 5.00. The van der Waals surface area contributed by atoms with E-state index in [1.807, 2.05) is 13.0 Å². The average Bonchev–Trinajstić information content (AvgIpc) is 2.51. The number of halogens is 1. The number of rotatable bonds is 4. The van der Waals surface area contributed by atoms with Gasteiger partial charge in [-0.25, -0.2) is 4.39 Å². The van der Waals surface area contributed by atoms with Gasteiger partial charge in [0, 0.05) is 5.56 Å². The fourth-order valence-electron chi connectivity index (χ4n) is 2.21. The zero-order valence-electron chi connectivity index (χ0n) is 12.1. The lowest BCUT2D eigenvalue weighted by Gasteiger charge is -2.14. The van der Waals surface area contributed by atoms with Gasteiger partial charge in [-0.1, -0.05) is 25.6 Å². The summed E-state index contributed by atoms with van der Waals surface area (Å²) in [5.74, 6) is 0.796. The van der Waals surface area contributed by atoms with Gasteiger partial charge in [-0.15, -0.1) is 0 Å². The summed E-state index contributed by atoms with van der Waals surface area (Å²) in [6.45, 7) is 7.35. The molecule has 106 valence electrons. The van der Waals surface area contributed by atoms with Gasteiger partial charge in [0.2, 0.25) is 0 Å². The zero-order chi connectivity index (χ0) is 15.4. The second kappa shape index (κ2) is 6.23. The van der Waals surface area contributed by atoms with E-state index in [2.05, 4.69) is 12.6 Å². The molecule has 0 N–H and O–H groups in total. The molecule has 0 heterocycles. The van der Waals surface area contributed by atoms with Crippen molar-refractivity contribution in [3.05, 3.63) is 65.0 Å². The second-order valence-corrected chi connectivity index (χ2v) is 4.68. The van der Waals surface area contributed by atoms with E-state index in [4.69, 9.17) is 4.74 Å². The minimum Gasteiger partial charge on any atom is -0.456 e. The van der Waals surface area contributed by atoms with Crippen LogP contribution in [0.2, 0.25) is 0 Å². The maximum atomic E-state index is 13.6. The third-order valence-corrected chi connectivity index (χ3v) is 3.42. The normalized spacial score (nSPS) is 10.0. The Morgan fingerprint density at radius 2 is 2.00 bits per heavy atom. The third kappa shape index (κ3) is 2.95. The average molecular weight is 281 g/mol. The molecule has 0 aromatic heterocycles. The van der Waals surface area contributed by atoms with Crippen LogP contribution in [0.3, 0.4) is 0 Å². The second-order valence-electron chi connectivity index (χ2n) is 4.68. The Labute approximate surface area is 124 Å². The minimum atomic E-state index is -0.248. The van der Waals surface area contributed by atoms with Crippen LogP contribution >= 0.6 is 0 Å². The molecule has 0 aliphatic carbocycles. The zero-order valence-corrected chi connectivity index (χ0v) is 12.1. The highest BCUT2D eigenvalue weighted by Gasteiger charge is 2.12. The number of benzene rings is 2. The first-order valence-electron chi connectivity index (χ1n) is 6.73. The molecule has 0 aliphatic rings. The van der Waals surface area contributed by atoms with Gasteiger partial charge in [-0.3, -0.25) is 0 Å². The number of hydrogen-bond donors (Lipinski definition) is 0. The lowest BCUT2D eigenvalue weighted by atomic mass is 10.0. The highest BCUT2D eigenvalue weighted by molar-refractivity contribution is 5.56. The Kier molecular flexibility index (Phi) is 4.39. The Hall–Kier alpha value is -2.60. The molecular formula is C18H16FNO. The molecule has 2 aromatic rings. The number of nitriles is 1. The first kappa shape index (κ1) is 14.8. The molecule has 0 saturated heterocycles. The molecule has 3 heteroatoms. The van der Waals surface area contributed by atoms with Crippen LogP contribution in [0.1, 0.15) is 29.2 Å². The third-order valence-electron chi connectivity index (χ3n) is 3.42. The van der Waals surface area contributed by atoms with Crippen molar-refractivity contribution >= 4 is 6.08 Å². The van der Waals surface area contributed by atoms with Crippen molar-refractivity contribution in [1.29, 1.82) is 5.26 Å². The first-order valence-corrected chi connectivity index (χ1v) is 6.73. The molecule has 0 bridgehead atoms. The fourth-order valence-corrected chi connectivity index (χ4v) is 2.21. The summed E-state index contributed by atoms with van der Waals surface area (Å²) in [4.78, 5) is 0. The summed E-state index contributed by atoms with van der Waals surface area (Å²) in [6.07, 6.45) is 2.33. The van der Waals surface area contributed by atoms with Crippen LogP contribution < -0.4 is 4.74 Å². The van der Waals surface area contributed by atoms with E-state index >= 15 is 0 Å². The summed E-state index contributed by atoms with van der Waals surface area (Å²) in [5.41, 5.74) is 2.67. The molecule has 2 nitrogen and oxygen atoms in total. The smallest absolute Gasteiger partial charge is 0.145 e. The molecule has 0 saturated carbocycles. The molecule has 0 amide bonds. The van der Waals surface area contributed by atoms with Crippen LogP contribution in [-0.4, -0.2) is 0 Å². The Morgan fingerprint density at radius 1 is 1.29 bits per heavy atom. The van der Waals surface area contributed by atoms with E-state index in [-0.39, 0.29) is 5.82 Å². The standard InChI is InChI=1S/C18H16FNO/c1-4-13-6-8-17(14(10-13)11-20)21-18-9-7-16(19)12(3)15(18)5-2/h4,6-10H,1,5H2,2-3H3. The summed E-state index contributed by atoms with van der Waals surface area (Å²) in [6, 6.07) is 10.4. The van der Waals surface area contributed by atoms with Crippen LogP contribution in [0.5, 0.6) is 11.5 Å². The molecule has 21 heavy (non-hydrogen) atoms. The van der Waals surface area contributed by atoms with Crippen LogP contribution in [-0.2, 0) is 6.42 Å². The van der Waals surface area contributed by atoms with Gasteiger partial charge in [0.15, 0.2) is 0 Å². The van der Waals surface area contributed by atoms with Crippen LogP contribution in [0, 0.1) is 24.1 Å². The van der Waals surface area contributed by atoms with Crippen molar-refractivity contribution in [2.75, 3.05) is 0 Å². The number of hydrogen-bond acceptors (Lipinski definition) is 2.